The first-order valence-corrected chi connectivity index (χ1v) is 8.66. The summed E-state index contributed by atoms with van der Waals surface area (Å²) in [4.78, 5) is 21.6. The smallest absolute Gasteiger partial charge is 0.137 e. The second-order valence-corrected chi connectivity index (χ2v) is 6.57. The number of carbonyl (C=O) groups excluding carboxylic acids is 1. The molecule has 0 aliphatic rings. The molecule has 0 atom stereocenters. The Kier molecular flexibility index (Phi) is 6.97. The lowest BCUT2D eigenvalue weighted by Gasteiger charge is -2.09. The maximum Gasteiger partial charge on any atom is 0.137 e. The molecule has 0 aliphatic heterocycles. The maximum atomic E-state index is 12.4. The molecule has 2 aromatic rings. The first-order valence-electron chi connectivity index (χ1n) is 7.90. The topological polar surface area (TPSA) is 51.5 Å². The summed E-state index contributed by atoms with van der Waals surface area (Å²) in [7, 11) is 1.47. The molecule has 0 radical (unpaired) electrons. The molecule has 0 saturated heterocycles. The van der Waals surface area contributed by atoms with Crippen molar-refractivity contribution >= 4 is 34.7 Å². The number of Topliss-reactive ketones (excluding diaryl/α,β-unsaturated/α-hetero) is 1. The monoisotopic (exact) mass is 378 g/mol. The van der Waals surface area contributed by atoms with Crippen molar-refractivity contribution in [1.29, 1.82) is 0 Å². The predicted octanol–water partition coefficient (Wildman–Crippen LogP) is 4.95. The van der Waals surface area contributed by atoms with Crippen LogP contribution in [0.25, 0.3) is 0 Å². The van der Waals surface area contributed by atoms with Crippen LogP contribution in [0.4, 0.5) is 0 Å². The molecule has 1 aromatic carbocycles. The molecule has 6 heteroatoms. The van der Waals surface area contributed by atoms with Gasteiger partial charge in [-0.3, -0.25) is 9.78 Å². The molecule has 4 nitrogen and oxygen atoms in total. The number of benzene rings is 1. The highest BCUT2D eigenvalue weighted by Gasteiger charge is 2.13. The second-order valence-electron chi connectivity index (χ2n) is 5.76. The molecule has 25 heavy (non-hydrogen) atoms. The van der Waals surface area contributed by atoms with Gasteiger partial charge in [0.1, 0.15) is 12.9 Å². The van der Waals surface area contributed by atoms with E-state index in [0.29, 0.717) is 35.0 Å². The first kappa shape index (κ1) is 19.4. The van der Waals surface area contributed by atoms with E-state index < -0.39 is 0 Å². The SMILES string of the molecule is CO/N=C(\CCC(=O)Cc1c(C)ccnc1C)c1ccc(Cl)c(Cl)c1. The number of oxime groups is 1. The molecule has 2 rings (SSSR count). The normalized spacial score (nSPS) is 11.5. The maximum absolute atomic E-state index is 12.4. The summed E-state index contributed by atoms with van der Waals surface area (Å²) in [6.07, 6.45) is 2.94. The Balaban J connectivity index is 2.07. The third-order valence-corrected chi connectivity index (χ3v) is 4.71. The van der Waals surface area contributed by atoms with Gasteiger partial charge in [-0.2, -0.15) is 0 Å². The van der Waals surface area contributed by atoms with Crippen LogP contribution in [0.3, 0.4) is 0 Å². The average Bonchev–Trinajstić information content (AvgIpc) is 2.57. The van der Waals surface area contributed by atoms with E-state index in [-0.39, 0.29) is 5.78 Å². The highest BCUT2D eigenvalue weighted by Crippen LogP contribution is 2.24. The zero-order valence-electron chi connectivity index (χ0n) is 14.5. The van der Waals surface area contributed by atoms with Crippen molar-refractivity contribution in [2.24, 2.45) is 5.16 Å². The summed E-state index contributed by atoms with van der Waals surface area (Å²) in [6.45, 7) is 3.91. The molecule has 0 saturated carbocycles. The van der Waals surface area contributed by atoms with Crippen LogP contribution in [0, 0.1) is 13.8 Å². The van der Waals surface area contributed by atoms with Gasteiger partial charge in [0.15, 0.2) is 0 Å². The van der Waals surface area contributed by atoms with Gasteiger partial charge < -0.3 is 4.84 Å². The molecule has 0 spiro atoms. The molecule has 0 aliphatic carbocycles. The Morgan fingerprint density at radius 1 is 1.16 bits per heavy atom. The Morgan fingerprint density at radius 3 is 2.56 bits per heavy atom. The minimum atomic E-state index is 0.128. The van der Waals surface area contributed by atoms with E-state index in [1.807, 2.05) is 26.0 Å². The lowest BCUT2D eigenvalue weighted by Crippen LogP contribution is -2.10. The van der Waals surface area contributed by atoms with Gasteiger partial charge in [-0.25, -0.2) is 0 Å². The van der Waals surface area contributed by atoms with E-state index in [0.717, 1.165) is 22.4 Å². The highest BCUT2D eigenvalue weighted by atomic mass is 35.5. The van der Waals surface area contributed by atoms with Gasteiger partial charge in [-0.15, -0.1) is 0 Å². The van der Waals surface area contributed by atoms with Gasteiger partial charge in [0.25, 0.3) is 0 Å². The number of halogens is 2. The number of carbonyl (C=O) groups is 1. The first-order chi connectivity index (χ1) is 11.9. The molecule has 0 N–H and O–H groups in total. The summed E-state index contributed by atoms with van der Waals surface area (Å²) in [5.74, 6) is 0.128. The highest BCUT2D eigenvalue weighted by molar-refractivity contribution is 6.42. The predicted molar refractivity (Wildman–Crippen MR) is 102 cm³/mol. The number of aryl methyl sites for hydroxylation is 2. The average molecular weight is 379 g/mol. The van der Waals surface area contributed by atoms with Crippen molar-refractivity contribution in [1.82, 2.24) is 4.98 Å². The quantitative estimate of drug-likeness (QED) is 0.505. The lowest BCUT2D eigenvalue weighted by molar-refractivity contribution is -0.118. The Hall–Kier alpha value is -1.91. The van der Waals surface area contributed by atoms with Crippen LogP contribution in [0.2, 0.25) is 10.0 Å². The molecule has 0 fully saturated rings. The fourth-order valence-corrected chi connectivity index (χ4v) is 2.86. The second kappa shape index (κ2) is 8.97. The van der Waals surface area contributed by atoms with Gasteiger partial charge in [0, 0.05) is 36.7 Å². The van der Waals surface area contributed by atoms with Crippen LogP contribution in [0.5, 0.6) is 0 Å². The standard InChI is InChI=1S/C19H20Cl2N2O2/c1-12-8-9-22-13(2)16(12)11-15(24)5-7-19(23-25-3)14-4-6-17(20)18(21)10-14/h4,6,8-10H,5,7,11H2,1-3H3/b23-19+. The van der Waals surface area contributed by atoms with Crippen molar-refractivity contribution in [2.45, 2.75) is 33.1 Å². The van der Waals surface area contributed by atoms with Crippen LogP contribution in [-0.2, 0) is 16.1 Å². The number of pyridine rings is 1. The van der Waals surface area contributed by atoms with Crippen LogP contribution < -0.4 is 0 Å². The Labute approximate surface area is 157 Å². The van der Waals surface area contributed by atoms with E-state index in [1.165, 1.54) is 7.11 Å². The number of hydrogen-bond donors (Lipinski definition) is 0. The fourth-order valence-electron chi connectivity index (χ4n) is 2.56. The summed E-state index contributed by atoms with van der Waals surface area (Å²) in [5.41, 5.74) is 4.42. The molecule has 132 valence electrons. The number of hydrogen-bond acceptors (Lipinski definition) is 4. The van der Waals surface area contributed by atoms with Crippen LogP contribution in [0.15, 0.2) is 35.6 Å². The van der Waals surface area contributed by atoms with Gasteiger partial charge in [-0.1, -0.05) is 34.4 Å². The molecule has 0 unspecified atom stereocenters. The number of ketones is 1. The molecule has 1 heterocycles. The summed E-state index contributed by atoms with van der Waals surface area (Å²) in [5, 5.41) is 4.94. The van der Waals surface area contributed by atoms with Crippen molar-refractivity contribution < 1.29 is 9.63 Å². The van der Waals surface area contributed by atoms with Crippen LogP contribution >= 0.6 is 23.2 Å². The fraction of sp³-hybridized carbons (Fsp3) is 0.316. The van der Waals surface area contributed by atoms with Gasteiger partial charge in [0.2, 0.25) is 0 Å². The summed E-state index contributed by atoms with van der Waals surface area (Å²) >= 11 is 12.0. The summed E-state index contributed by atoms with van der Waals surface area (Å²) < 4.78 is 0. The third kappa shape index (κ3) is 5.28. The van der Waals surface area contributed by atoms with Gasteiger partial charge in [-0.05, 0) is 43.2 Å². The molecular weight excluding hydrogens is 359 g/mol. The number of nitrogens with zero attached hydrogens (tertiary/aromatic N) is 2. The van der Waals surface area contributed by atoms with Gasteiger partial charge in [0.05, 0.1) is 15.8 Å². The van der Waals surface area contributed by atoms with E-state index in [1.54, 1.807) is 18.3 Å². The van der Waals surface area contributed by atoms with E-state index in [9.17, 15) is 4.79 Å². The van der Waals surface area contributed by atoms with Crippen molar-refractivity contribution in [3.8, 4) is 0 Å². The van der Waals surface area contributed by atoms with Crippen molar-refractivity contribution in [3.05, 3.63) is 62.9 Å². The molecule has 0 bridgehead atoms. The van der Waals surface area contributed by atoms with E-state index in [4.69, 9.17) is 28.0 Å². The van der Waals surface area contributed by atoms with Crippen molar-refractivity contribution in [3.63, 3.8) is 0 Å². The minimum Gasteiger partial charge on any atom is -0.399 e. The van der Waals surface area contributed by atoms with E-state index in [2.05, 4.69) is 10.1 Å². The minimum absolute atomic E-state index is 0.128. The third-order valence-electron chi connectivity index (χ3n) is 3.97. The summed E-state index contributed by atoms with van der Waals surface area (Å²) in [6, 6.07) is 7.16. The number of aromatic nitrogens is 1. The van der Waals surface area contributed by atoms with Crippen molar-refractivity contribution in [2.75, 3.05) is 7.11 Å². The Morgan fingerprint density at radius 2 is 1.92 bits per heavy atom. The van der Waals surface area contributed by atoms with E-state index >= 15 is 0 Å². The zero-order valence-corrected chi connectivity index (χ0v) is 16.0. The molecule has 0 amide bonds. The largest absolute Gasteiger partial charge is 0.399 e. The zero-order chi connectivity index (χ0) is 18.4. The number of rotatable bonds is 7. The molecular formula is C19H20Cl2N2O2. The van der Waals surface area contributed by atoms with Gasteiger partial charge >= 0.3 is 0 Å². The van der Waals surface area contributed by atoms with Crippen LogP contribution in [-0.4, -0.2) is 23.6 Å². The Bertz CT molecular complexity index is 784. The van der Waals surface area contributed by atoms with Crippen LogP contribution in [0.1, 0.15) is 35.2 Å². The lowest BCUT2D eigenvalue weighted by atomic mass is 9.98. The molecule has 1 aromatic heterocycles.